The molecule has 0 spiro atoms. The summed E-state index contributed by atoms with van der Waals surface area (Å²) in [6.07, 6.45) is 0. The second-order valence-electron chi connectivity index (χ2n) is 4.65. The van der Waals surface area contributed by atoms with Gasteiger partial charge in [0.25, 0.3) is 11.5 Å². The Balaban J connectivity index is 2.87. The van der Waals surface area contributed by atoms with E-state index in [1.54, 1.807) is 13.8 Å². The van der Waals surface area contributed by atoms with E-state index in [2.05, 4.69) is 5.10 Å². The molecule has 2 N–H and O–H groups in total. The second kappa shape index (κ2) is 5.31. The van der Waals surface area contributed by atoms with E-state index in [1.807, 2.05) is 0 Å². The molecule has 0 fully saturated rings. The monoisotopic (exact) mass is 292 g/mol. The van der Waals surface area contributed by atoms with E-state index in [0.717, 1.165) is 21.4 Å². The van der Waals surface area contributed by atoms with Gasteiger partial charge in [-0.05, 0) is 38.1 Å². The summed E-state index contributed by atoms with van der Waals surface area (Å²) in [6, 6.07) is 4.33. The van der Waals surface area contributed by atoms with Crippen LogP contribution >= 0.6 is 0 Å². The number of primary amides is 1. The minimum absolute atomic E-state index is 0.130. The molecule has 1 aromatic carbocycles. The molecule has 1 heterocycles. The van der Waals surface area contributed by atoms with E-state index in [9.17, 15) is 18.8 Å². The Hall–Kier alpha value is -2.77. The quantitative estimate of drug-likeness (QED) is 0.874. The molecule has 0 unspecified atom stereocenters. The number of amides is 1. The highest BCUT2D eigenvalue weighted by molar-refractivity contribution is 5.90. The Labute approximate surface area is 118 Å². The summed E-state index contributed by atoms with van der Waals surface area (Å²) < 4.78 is 14.7. The smallest absolute Gasteiger partial charge is 0.352 e. The Morgan fingerprint density at radius 2 is 1.81 bits per heavy atom. The summed E-state index contributed by atoms with van der Waals surface area (Å²) in [6.45, 7) is 3.33. The van der Waals surface area contributed by atoms with Crippen molar-refractivity contribution in [3.63, 3.8) is 0 Å². The fraction of sp³-hybridized carbons (Fsp3) is 0.231. The molecule has 2 rings (SSSR count). The number of carbonyl (C=O) groups is 1. The van der Waals surface area contributed by atoms with Crippen molar-refractivity contribution < 1.29 is 9.18 Å². The van der Waals surface area contributed by atoms with Gasteiger partial charge in [-0.3, -0.25) is 9.59 Å². The molecular weight excluding hydrogens is 279 g/mol. The molecule has 0 aliphatic carbocycles. The predicted molar refractivity (Wildman–Crippen MR) is 73.0 cm³/mol. The average molecular weight is 292 g/mol. The summed E-state index contributed by atoms with van der Waals surface area (Å²) in [5.41, 5.74) is 3.03. The molecule has 0 bridgehead atoms. The number of hydrogen-bond donors (Lipinski definition) is 1. The Morgan fingerprint density at radius 1 is 1.24 bits per heavy atom. The molecule has 0 saturated heterocycles. The van der Waals surface area contributed by atoms with Crippen molar-refractivity contribution in [3.8, 4) is 5.69 Å². The fourth-order valence-electron chi connectivity index (χ4n) is 1.80. The summed E-state index contributed by atoms with van der Waals surface area (Å²) >= 11 is 0. The van der Waals surface area contributed by atoms with Crippen LogP contribution < -0.4 is 17.0 Å². The van der Waals surface area contributed by atoms with Crippen LogP contribution in [0.1, 0.15) is 30.4 Å². The van der Waals surface area contributed by atoms with Crippen LogP contribution in [-0.2, 0) is 0 Å². The number of nitrogens with zero attached hydrogens (tertiary/aromatic N) is 3. The van der Waals surface area contributed by atoms with Gasteiger partial charge in [0.2, 0.25) is 5.69 Å². The maximum atomic E-state index is 13.0. The lowest BCUT2D eigenvalue weighted by Crippen LogP contribution is -2.45. The van der Waals surface area contributed by atoms with Crippen molar-refractivity contribution in [1.29, 1.82) is 0 Å². The largest absolute Gasteiger partial charge is 0.364 e. The van der Waals surface area contributed by atoms with Crippen molar-refractivity contribution in [1.82, 2.24) is 14.3 Å². The molecule has 2 aromatic rings. The first-order chi connectivity index (χ1) is 9.82. The molecule has 7 nitrogen and oxygen atoms in total. The molecule has 0 aliphatic rings. The van der Waals surface area contributed by atoms with Gasteiger partial charge in [0.05, 0.1) is 11.7 Å². The van der Waals surface area contributed by atoms with Crippen molar-refractivity contribution in [2.24, 2.45) is 5.73 Å². The molecular formula is C13H13FN4O3. The maximum Gasteiger partial charge on any atom is 0.352 e. The van der Waals surface area contributed by atoms with Gasteiger partial charge in [-0.15, -0.1) is 0 Å². The van der Waals surface area contributed by atoms with E-state index >= 15 is 0 Å². The molecule has 8 heteroatoms. The second-order valence-corrected chi connectivity index (χ2v) is 4.65. The normalized spacial score (nSPS) is 10.9. The SMILES string of the molecule is CC(C)n1nc(C(N)=O)c(=O)n(-c2ccc(F)cc2)c1=O. The lowest BCUT2D eigenvalue weighted by atomic mass is 10.3. The predicted octanol–water partition coefficient (Wildman–Crippen LogP) is 0.213. The third-order valence-corrected chi connectivity index (χ3v) is 2.81. The van der Waals surface area contributed by atoms with Crippen LogP contribution in [0.25, 0.3) is 5.69 Å². The van der Waals surface area contributed by atoms with Crippen LogP contribution in [-0.4, -0.2) is 20.3 Å². The molecule has 0 aliphatic heterocycles. The van der Waals surface area contributed by atoms with Crippen LogP contribution in [0.2, 0.25) is 0 Å². The van der Waals surface area contributed by atoms with Gasteiger partial charge in [-0.1, -0.05) is 0 Å². The Bertz CT molecular complexity index is 806. The standard InChI is InChI=1S/C13H13FN4O3/c1-7(2)18-13(21)17(9-5-3-8(14)4-6-9)12(20)10(16-18)11(15)19/h3-7H,1-2H3,(H2,15,19). The summed E-state index contributed by atoms with van der Waals surface area (Å²) in [5, 5.41) is 3.70. The molecule has 1 amide bonds. The van der Waals surface area contributed by atoms with Crippen LogP contribution in [0.15, 0.2) is 33.9 Å². The first-order valence-corrected chi connectivity index (χ1v) is 6.14. The lowest BCUT2D eigenvalue weighted by Gasteiger charge is -2.13. The third-order valence-electron chi connectivity index (χ3n) is 2.81. The van der Waals surface area contributed by atoms with Crippen molar-refractivity contribution in [2.45, 2.75) is 19.9 Å². The Kier molecular flexibility index (Phi) is 3.70. The van der Waals surface area contributed by atoms with Gasteiger partial charge in [0.15, 0.2) is 0 Å². The lowest BCUT2D eigenvalue weighted by molar-refractivity contribution is 0.0990. The van der Waals surface area contributed by atoms with Crippen LogP contribution in [0, 0.1) is 5.82 Å². The van der Waals surface area contributed by atoms with Gasteiger partial charge < -0.3 is 5.73 Å². The van der Waals surface area contributed by atoms with Gasteiger partial charge in [0.1, 0.15) is 5.82 Å². The van der Waals surface area contributed by atoms with E-state index < -0.39 is 28.7 Å². The van der Waals surface area contributed by atoms with Gasteiger partial charge in [-0.25, -0.2) is 18.4 Å². The zero-order valence-corrected chi connectivity index (χ0v) is 11.4. The highest BCUT2D eigenvalue weighted by Crippen LogP contribution is 2.05. The summed E-state index contributed by atoms with van der Waals surface area (Å²) in [7, 11) is 0. The van der Waals surface area contributed by atoms with Crippen LogP contribution in [0.3, 0.4) is 0 Å². The highest BCUT2D eigenvalue weighted by Gasteiger charge is 2.19. The number of aromatic nitrogens is 3. The van der Waals surface area contributed by atoms with E-state index in [1.165, 1.54) is 12.1 Å². The number of nitrogens with two attached hydrogens (primary N) is 1. The van der Waals surface area contributed by atoms with Gasteiger partial charge in [-0.2, -0.15) is 5.10 Å². The third kappa shape index (κ3) is 2.60. The number of benzene rings is 1. The zero-order valence-electron chi connectivity index (χ0n) is 11.4. The van der Waals surface area contributed by atoms with Gasteiger partial charge >= 0.3 is 5.69 Å². The topological polar surface area (TPSA) is 100.0 Å². The average Bonchev–Trinajstić information content (AvgIpc) is 2.40. The van der Waals surface area contributed by atoms with E-state index in [0.29, 0.717) is 0 Å². The zero-order chi connectivity index (χ0) is 15.7. The molecule has 0 radical (unpaired) electrons. The van der Waals surface area contributed by atoms with Crippen molar-refractivity contribution in [2.75, 3.05) is 0 Å². The number of carbonyl (C=O) groups excluding carboxylic acids is 1. The van der Waals surface area contributed by atoms with Crippen LogP contribution in [0.4, 0.5) is 4.39 Å². The number of rotatable bonds is 3. The molecule has 21 heavy (non-hydrogen) atoms. The van der Waals surface area contributed by atoms with Crippen molar-refractivity contribution in [3.05, 3.63) is 56.6 Å². The number of hydrogen-bond acceptors (Lipinski definition) is 4. The summed E-state index contributed by atoms with van der Waals surface area (Å²) in [4.78, 5) is 35.8. The first-order valence-electron chi connectivity index (χ1n) is 6.14. The minimum atomic E-state index is -1.04. The van der Waals surface area contributed by atoms with Crippen LogP contribution in [0.5, 0.6) is 0 Å². The molecule has 1 aromatic heterocycles. The van der Waals surface area contributed by atoms with Gasteiger partial charge in [0, 0.05) is 0 Å². The maximum absolute atomic E-state index is 13.0. The summed E-state index contributed by atoms with van der Waals surface area (Å²) in [5.74, 6) is -1.55. The first kappa shape index (κ1) is 14.6. The van der Waals surface area contributed by atoms with Crippen molar-refractivity contribution >= 4 is 5.91 Å². The molecule has 0 atom stereocenters. The molecule has 110 valence electrons. The van der Waals surface area contributed by atoms with E-state index in [4.69, 9.17) is 5.73 Å². The fourth-order valence-corrected chi connectivity index (χ4v) is 1.80. The molecule has 0 saturated carbocycles. The Morgan fingerprint density at radius 3 is 2.29 bits per heavy atom. The van der Waals surface area contributed by atoms with E-state index in [-0.39, 0.29) is 11.7 Å². The number of halogens is 1. The highest BCUT2D eigenvalue weighted by atomic mass is 19.1. The minimum Gasteiger partial charge on any atom is -0.364 e.